The maximum absolute atomic E-state index is 13.4. The largest absolute Gasteiger partial charge is 0.507 e. The highest BCUT2D eigenvalue weighted by Gasteiger charge is 2.48. The molecule has 1 atom stereocenters. The molecule has 1 aliphatic rings. The van der Waals surface area contributed by atoms with E-state index in [-0.39, 0.29) is 22.8 Å². The normalized spacial score (nSPS) is 17.2. The Bertz CT molecular complexity index is 1470. The van der Waals surface area contributed by atoms with Crippen LogP contribution in [0.2, 0.25) is 0 Å². The van der Waals surface area contributed by atoms with E-state index in [1.807, 2.05) is 55.5 Å². The summed E-state index contributed by atoms with van der Waals surface area (Å²) in [6, 6.07) is 18.8. The van der Waals surface area contributed by atoms with E-state index in [1.165, 1.54) is 19.1 Å². The molecule has 0 bridgehead atoms. The number of fused-ring (bicyclic) bond motifs is 1. The molecule has 35 heavy (non-hydrogen) atoms. The Balaban J connectivity index is 1.75. The summed E-state index contributed by atoms with van der Waals surface area (Å²) >= 11 is 0. The van der Waals surface area contributed by atoms with Gasteiger partial charge in [-0.05, 0) is 36.8 Å². The van der Waals surface area contributed by atoms with Crippen LogP contribution in [-0.2, 0) is 9.59 Å². The van der Waals surface area contributed by atoms with Crippen molar-refractivity contribution in [3.63, 3.8) is 0 Å². The Kier molecular flexibility index (Phi) is 5.49. The number of aliphatic hydroxyl groups excluding tert-OH is 1. The zero-order chi connectivity index (χ0) is 24.7. The number of para-hydroxylation sites is 2. The van der Waals surface area contributed by atoms with Gasteiger partial charge in [0.05, 0.1) is 42.4 Å². The molecule has 2 N–H and O–H groups in total. The summed E-state index contributed by atoms with van der Waals surface area (Å²) in [5, 5.41) is 11.4. The van der Waals surface area contributed by atoms with Crippen molar-refractivity contribution in [3.8, 4) is 11.5 Å². The summed E-state index contributed by atoms with van der Waals surface area (Å²) in [5.41, 5.74) is 3.21. The molecule has 3 aromatic carbocycles. The highest BCUT2D eigenvalue weighted by molar-refractivity contribution is 6.51. The Morgan fingerprint density at radius 1 is 1.00 bits per heavy atom. The van der Waals surface area contributed by atoms with Gasteiger partial charge in [-0.1, -0.05) is 42.0 Å². The quantitative estimate of drug-likeness (QED) is 0.253. The fourth-order valence-electron chi connectivity index (χ4n) is 4.40. The first-order chi connectivity index (χ1) is 16.9. The SMILES string of the molecule is COc1ccc(/C(O)=C2\C(=O)C(=O)N(c3nc4ccccc4[nH]3)C2c2cccc(C)c2)c(OC)c1. The van der Waals surface area contributed by atoms with Crippen LogP contribution < -0.4 is 14.4 Å². The van der Waals surface area contributed by atoms with E-state index in [0.717, 1.165) is 11.1 Å². The van der Waals surface area contributed by atoms with Crippen LogP contribution in [0.3, 0.4) is 0 Å². The average molecular weight is 469 g/mol. The van der Waals surface area contributed by atoms with Gasteiger partial charge >= 0.3 is 5.91 Å². The number of aryl methyl sites for hydroxylation is 1. The van der Waals surface area contributed by atoms with Crippen molar-refractivity contribution >= 4 is 34.4 Å². The highest BCUT2D eigenvalue weighted by Crippen LogP contribution is 2.43. The van der Waals surface area contributed by atoms with E-state index in [1.54, 1.807) is 18.2 Å². The van der Waals surface area contributed by atoms with Crippen molar-refractivity contribution < 1.29 is 24.2 Å². The molecule has 1 unspecified atom stereocenters. The van der Waals surface area contributed by atoms with Crippen molar-refractivity contribution in [2.45, 2.75) is 13.0 Å². The molecular formula is C27H23N3O5. The lowest BCUT2D eigenvalue weighted by atomic mass is 9.94. The zero-order valence-corrected chi connectivity index (χ0v) is 19.4. The van der Waals surface area contributed by atoms with Crippen molar-refractivity contribution in [1.29, 1.82) is 0 Å². The first-order valence-electron chi connectivity index (χ1n) is 11.0. The van der Waals surface area contributed by atoms with Crippen LogP contribution in [-0.4, -0.2) is 41.0 Å². The number of nitrogens with one attached hydrogen (secondary N) is 1. The minimum atomic E-state index is -0.901. The summed E-state index contributed by atoms with van der Waals surface area (Å²) in [5.74, 6) is -0.887. The van der Waals surface area contributed by atoms with Gasteiger partial charge in [0.25, 0.3) is 5.78 Å². The number of hydrogen-bond acceptors (Lipinski definition) is 6. The molecule has 1 amide bonds. The predicted octanol–water partition coefficient (Wildman–Crippen LogP) is 4.51. The molecule has 176 valence electrons. The number of carbonyl (C=O) groups is 2. The minimum absolute atomic E-state index is 0.0514. The number of Topliss-reactive ketones (excluding diaryl/α,β-unsaturated/α-hetero) is 1. The van der Waals surface area contributed by atoms with Gasteiger partial charge in [-0.15, -0.1) is 0 Å². The second-order valence-electron chi connectivity index (χ2n) is 8.23. The van der Waals surface area contributed by atoms with Crippen LogP contribution in [0.1, 0.15) is 22.7 Å². The lowest BCUT2D eigenvalue weighted by Crippen LogP contribution is -2.30. The summed E-state index contributed by atoms with van der Waals surface area (Å²) < 4.78 is 10.7. The fraction of sp³-hybridized carbons (Fsp3) is 0.148. The molecule has 1 fully saturated rings. The van der Waals surface area contributed by atoms with Crippen molar-refractivity contribution in [2.75, 3.05) is 19.1 Å². The number of H-pyrrole nitrogens is 1. The average Bonchev–Trinajstić information content (AvgIpc) is 3.41. The van der Waals surface area contributed by atoms with Gasteiger partial charge in [0.1, 0.15) is 17.3 Å². The van der Waals surface area contributed by atoms with Gasteiger partial charge in [0.15, 0.2) is 0 Å². The highest BCUT2D eigenvalue weighted by atomic mass is 16.5. The first kappa shape index (κ1) is 22.2. The van der Waals surface area contributed by atoms with Crippen LogP contribution in [0.25, 0.3) is 16.8 Å². The lowest BCUT2D eigenvalue weighted by Gasteiger charge is -2.23. The Morgan fingerprint density at radius 2 is 1.80 bits per heavy atom. The van der Waals surface area contributed by atoms with Crippen LogP contribution in [0.4, 0.5) is 5.95 Å². The van der Waals surface area contributed by atoms with Crippen LogP contribution in [0, 0.1) is 6.92 Å². The fourth-order valence-corrected chi connectivity index (χ4v) is 4.40. The molecule has 8 heteroatoms. The van der Waals surface area contributed by atoms with Crippen molar-refractivity contribution in [3.05, 3.63) is 89.0 Å². The number of methoxy groups -OCH3 is 2. The Morgan fingerprint density at radius 3 is 2.51 bits per heavy atom. The third-order valence-corrected chi connectivity index (χ3v) is 6.07. The number of nitrogens with zero attached hydrogens (tertiary/aromatic N) is 2. The van der Waals surface area contributed by atoms with Gasteiger partial charge in [0.2, 0.25) is 5.95 Å². The van der Waals surface area contributed by atoms with Crippen molar-refractivity contribution in [1.82, 2.24) is 9.97 Å². The number of amides is 1. The van der Waals surface area contributed by atoms with E-state index < -0.39 is 17.7 Å². The van der Waals surface area contributed by atoms with Crippen LogP contribution in [0.15, 0.2) is 72.3 Å². The number of aliphatic hydroxyl groups is 1. The summed E-state index contributed by atoms with van der Waals surface area (Å²) in [4.78, 5) is 35.8. The minimum Gasteiger partial charge on any atom is -0.507 e. The number of carbonyl (C=O) groups excluding carboxylic acids is 2. The molecule has 8 nitrogen and oxygen atoms in total. The molecule has 4 aromatic rings. The first-order valence-corrected chi connectivity index (χ1v) is 11.0. The van der Waals surface area contributed by atoms with Gasteiger partial charge in [-0.25, -0.2) is 4.98 Å². The number of ether oxygens (including phenoxy) is 2. The maximum atomic E-state index is 13.4. The molecule has 1 aliphatic heterocycles. The van der Waals surface area contributed by atoms with E-state index in [9.17, 15) is 14.7 Å². The number of hydrogen-bond donors (Lipinski definition) is 2. The number of anilines is 1. The molecule has 1 saturated heterocycles. The third kappa shape index (κ3) is 3.69. The second kappa shape index (κ2) is 8.64. The van der Waals surface area contributed by atoms with Crippen LogP contribution in [0.5, 0.6) is 11.5 Å². The molecule has 1 aromatic heterocycles. The number of aromatic nitrogens is 2. The topological polar surface area (TPSA) is 105 Å². The number of rotatable bonds is 5. The number of aromatic amines is 1. The maximum Gasteiger partial charge on any atom is 0.302 e. The molecule has 5 rings (SSSR count). The van der Waals surface area contributed by atoms with Gasteiger partial charge in [0, 0.05) is 6.07 Å². The molecule has 0 spiro atoms. The number of benzene rings is 3. The smallest absolute Gasteiger partial charge is 0.302 e. The monoisotopic (exact) mass is 469 g/mol. The Hall–Kier alpha value is -4.59. The summed E-state index contributed by atoms with van der Waals surface area (Å²) in [6.07, 6.45) is 0. The molecule has 2 heterocycles. The second-order valence-corrected chi connectivity index (χ2v) is 8.23. The standard InChI is InChI=1S/C27H23N3O5/c1-15-7-6-8-16(13-15)23-22(24(31)18-12-11-17(34-2)14-21(18)35-3)25(32)26(33)30(23)27-28-19-9-4-5-10-20(19)29-27/h4-14,23,31H,1-3H3,(H,28,29)/b24-22+. The predicted molar refractivity (Wildman–Crippen MR) is 132 cm³/mol. The number of ketones is 1. The van der Waals surface area contributed by atoms with Crippen LogP contribution >= 0.6 is 0 Å². The summed E-state index contributed by atoms with van der Waals surface area (Å²) in [6.45, 7) is 1.92. The van der Waals surface area contributed by atoms with E-state index in [0.29, 0.717) is 22.6 Å². The van der Waals surface area contributed by atoms with E-state index >= 15 is 0 Å². The lowest BCUT2D eigenvalue weighted by molar-refractivity contribution is -0.132. The molecular weight excluding hydrogens is 446 g/mol. The summed E-state index contributed by atoms with van der Waals surface area (Å²) in [7, 11) is 2.97. The van der Waals surface area contributed by atoms with Gasteiger partial charge < -0.3 is 19.6 Å². The van der Waals surface area contributed by atoms with Gasteiger partial charge in [-0.2, -0.15) is 0 Å². The van der Waals surface area contributed by atoms with Crippen molar-refractivity contribution in [2.24, 2.45) is 0 Å². The van der Waals surface area contributed by atoms with E-state index in [2.05, 4.69) is 9.97 Å². The van der Waals surface area contributed by atoms with Gasteiger partial charge in [-0.3, -0.25) is 14.5 Å². The molecule has 0 radical (unpaired) electrons. The Labute approximate surface area is 201 Å². The molecule has 0 aliphatic carbocycles. The molecule has 0 saturated carbocycles. The zero-order valence-electron chi connectivity index (χ0n) is 19.4. The number of imidazole rings is 1. The third-order valence-electron chi connectivity index (χ3n) is 6.07. The van der Waals surface area contributed by atoms with E-state index in [4.69, 9.17) is 9.47 Å².